The second-order valence-electron chi connectivity index (χ2n) is 5.54. The molecule has 1 fully saturated rings. The number of nitrogens with one attached hydrogen (secondary N) is 1. The molecule has 3 heteroatoms. The molecule has 0 radical (unpaired) electrons. The molecule has 0 unspecified atom stereocenters. The first kappa shape index (κ1) is 14.4. The lowest BCUT2D eigenvalue weighted by atomic mass is 9.87. The van der Waals surface area contributed by atoms with Crippen LogP contribution in [0.15, 0.2) is 30.3 Å². The van der Waals surface area contributed by atoms with Crippen LogP contribution in [0.3, 0.4) is 0 Å². The maximum absolute atomic E-state index is 13.9. The molecule has 0 spiro atoms. The van der Waals surface area contributed by atoms with Crippen molar-refractivity contribution in [1.82, 2.24) is 5.32 Å². The molecule has 2 rings (SSSR count). The Morgan fingerprint density at radius 3 is 2.42 bits per heavy atom. The molecular formula is C16H23F2N. The van der Waals surface area contributed by atoms with Gasteiger partial charge < -0.3 is 5.32 Å². The van der Waals surface area contributed by atoms with Gasteiger partial charge in [-0.1, -0.05) is 62.4 Å². The van der Waals surface area contributed by atoms with Crippen LogP contribution in [0.2, 0.25) is 0 Å². The molecule has 106 valence electrons. The second-order valence-corrected chi connectivity index (χ2v) is 5.54. The van der Waals surface area contributed by atoms with E-state index in [4.69, 9.17) is 0 Å². The first-order valence-corrected chi connectivity index (χ1v) is 7.32. The lowest BCUT2D eigenvalue weighted by Gasteiger charge is -2.22. The maximum Gasteiger partial charge on any atom is 0.285 e. The zero-order chi connectivity index (χ0) is 13.6. The Kier molecular flexibility index (Phi) is 5.32. The topological polar surface area (TPSA) is 12.0 Å². The molecule has 1 aromatic rings. The van der Waals surface area contributed by atoms with E-state index in [1.807, 2.05) is 0 Å². The van der Waals surface area contributed by atoms with Gasteiger partial charge in [-0.3, -0.25) is 0 Å². The standard InChI is InChI=1S/C16H23F2N/c17-16(18,15-9-5-2-6-10-15)13-19-12-11-14-7-3-1-4-8-14/h2,5-6,9-10,14,19H,1,3-4,7-8,11-13H2. The molecule has 0 aliphatic heterocycles. The fourth-order valence-corrected chi connectivity index (χ4v) is 2.81. The summed E-state index contributed by atoms with van der Waals surface area (Å²) >= 11 is 0. The van der Waals surface area contributed by atoms with Crippen LogP contribution in [0.4, 0.5) is 8.78 Å². The summed E-state index contributed by atoms with van der Waals surface area (Å²) in [6.07, 6.45) is 7.55. The molecular weight excluding hydrogens is 244 g/mol. The fraction of sp³-hybridized carbons (Fsp3) is 0.625. The third kappa shape index (κ3) is 4.57. The number of rotatable bonds is 6. The zero-order valence-corrected chi connectivity index (χ0v) is 11.4. The van der Waals surface area contributed by atoms with E-state index in [0.717, 1.165) is 12.3 Å². The van der Waals surface area contributed by atoms with Crippen molar-refractivity contribution in [3.63, 3.8) is 0 Å². The van der Waals surface area contributed by atoms with E-state index in [-0.39, 0.29) is 12.1 Å². The summed E-state index contributed by atoms with van der Waals surface area (Å²) in [6.45, 7) is 0.441. The van der Waals surface area contributed by atoms with Crippen molar-refractivity contribution >= 4 is 0 Å². The molecule has 1 aromatic carbocycles. The van der Waals surface area contributed by atoms with Gasteiger partial charge in [0.2, 0.25) is 0 Å². The quantitative estimate of drug-likeness (QED) is 0.756. The molecule has 0 heterocycles. The highest BCUT2D eigenvalue weighted by Crippen LogP contribution is 2.28. The summed E-state index contributed by atoms with van der Waals surface area (Å²) in [7, 11) is 0. The first-order valence-electron chi connectivity index (χ1n) is 7.32. The van der Waals surface area contributed by atoms with Gasteiger partial charge in [-0.15, -0.1) is 0 Å². The summed E-state index contributed by atoms with van der Waals surface area (Å²) < 4.78 is 27.7. The molecule has 0 atom stereocenters. The molecule has 1 N–H and O–H groups in total. The van der Waals surface area contributed by atoms with Crippen molar-refractivity contribution in [2.75, 3.05) is 13.1 Å². The summed E-state index contributed by atoms with van der Waals surface area (Å²) in [5.41, 5.74) is 0.0974. The van der Waals surface area contributed by atoms with Gasteiger partial charge in [0.25, 0.3) is 5.92 Å². The predicted octanol–water partition coefficient (Wildman–Crippen LogP) is 4.34. The summed E-state index contributed by atoms with van der Waals surface area (Å²) in [4.78, 5) is 0. The lowest BCUT2D eigenvalue weighted by molar-refractivity contribution is -0.00330. The van der Waals surface area contributed by atoms with Crippen LogP contribution in [-0.2, 0) is 5.92 Å². The number of benzene rings is 1. The van der Waals surface area contributed by atoms with Gasteiger partial charge in [-0.05, 0) is 18.9 Å². The Labute approximate surface area is 114 Å². The van der Waals surface area contributed by atoms with Crippen LogP contribution in [0.1, 0.15) is 44.1 Å². The molecule has 0 bridgehead atoms. The Bertz CT molecular complexity index is 358. The Hall–Kier alpha value is -0.960. The van der Waals surface area contributed by atoms with Gasteiger partial charge in [0.05, 0.1) is 6.54 Å². The monoisotopic (exact) mass is 267 g/mol. The van der Waals surface area contributed by atoms with Gasteiger partial charge in [0, 0.05) is 5.56 Å². The minimum Gasteiger partial charge on any atom is -0.311 e. The number of hydrogen-bond donors (Lipinski definition) is 1. The fourth-order valence-electron chi connectivity index (χ4n) is 2.81. The highest BCUT2D eigenvalue weighted by Gasteiger charge is 2.30. The Balaban J connectivity index is 1.69. The van der Waals surface area contributed by atoms with Gasteiger partial charge in [-0.25, -0.2) is 0 Å². The van der Waals surface area contributed by atoms with Gasteiger partial charge in [-0.2, -0.15) is 8.78 Å². The minimum atomic E-state index is -2.77. The average Bonchev–Trinajstić information content (AvgIpc) is 2.46. The molecule has 1 aliphatic carbocycles. The first-order chi connectivity index (χ1) is 9.18. The van der Waals surface area contributed by atoms with Crippen LogP contribution in [0, 0.1) is 5.92 Å². The molecule has 1 nitrogen and oxygen atoms in total. The number of halogens is 2. The molecule has 19 heavy (non-hydrogen) atoms. The average molecular weight is 267 g/mol. The molecule has 1 saturated carbocycles. The summed E-state index contributed by atoms with van der Waals surface area (Å²) in [6, 6.07) is 8.05. The van der Waals surface area contributed by atoms with Crippen LogP contribution in [0.25, 0.3) is 0 Å². The van der Waals surface area contributed by atoms with Crippen LogP contribution in [0.5, 0.6) is 0 Å². The second kappa shape index (κ2) is 6.99. The van der Waals surface area contributed by atoms with Crippen molar-refractivity contribution in [1.29, 1.82) is 0 Å². The van der Waals surface area contributed by atoms with Crippen molar-refractivity contribution < 1.29 is 8.78 Å². The van der Waals surface area contributed by atoms with E-state index < -0.39 is 5.92 Å². The normalized spacial score (nSPS) is 17.6. The SMILES string of the molecule is FC(F)(CNCCC1CCCCC1)c1ccccc1. The van der Waals surface area contributed by atoms with Gasteiger partial charge in [0.1, 0.15) is 0 Å². The van der Waals surface area contributed by atoms with Crippen molar-refractivity contribution in [3.05, 3.63) is 35.9 Å². The highest BCUT2D eigenvalue weighted by atomic mass is 19.3. The maximum atomic E-state index is 13.9. The predicted molar refractivity (Wildman–Crippen MR) is 74.4 cm³/mol. The third-order valence-electron chi connectivity index (χ3n) is 4.00. The third-order valence-corrected chi connectivity index (χ3v) is 4.00. The van der Waals surface area contributed by atoms with E-state index in [0.29, 0.717) is 6.54 Å². The summed E-state index contributed by atoms with van der Waals surface area (Å²) in [5, 5.41) is 2.92. The molecule has 0 aromatic heterocycles. The number of alkyl halides is 2. The molecule has 0 amide bonds. The van der Waals surface area contributed by atoms with Crippen LogP contribution < -0.4 is 5.32 Å². The van der Waals surface area contributed by atoms with Gasteiger partial charge in [0.15, 0.2) is 0 Å². The van der Waals surface area contributed by atoms with Crippen LogP contribution >= 0.6 is 0 Å². The summed E-state index contributed by atoms with van der Waals surface area (Å²) in [5.74, 6) is -2.03. The van der Waals surface area contributed by atoms with Gasteiger partial charge >= 0.3 is 0 Å². The van der Waals surface area contributed by atoms with E-state index >= 15 is 0 Å². The van der Waals surface area contributed by atoms with E-state index in [1.54, 1.807) is 18.2 Å². The van der Waals surface area contributed by atoms with Crippen LogP contribution in [-0.4, -0.2) is 13.1 Å². The number of hydrogen-bond acceptors (Lipinski definition) is 1. The molecule has 0 saturated heterocycles. The van der Waals surface area contributed by atoms with E-state index in [9.17, 15) is 8.78 Å². The Morgan fingerprint density at radius 2 is 1.74 bits per heavy atom. The Morgan fingerprint density at radius 1 is 1.05 bits per heavy atom. The van der Waals surface area contributed by atoms with Crippen molar-refractivity contribution in [2.45, 2.75) is 44.4 Å². The minimum absolute atomic E-state index is 0.0974. The zero-order valence-electron chi connectivity index (χ0n) is 11.4. The van der Waals surface area contributed by atoms with Crippen molar-refractivity contribution in [3.8, 4) is 0 Å². The van der Waals surface area contributed by atoms with E-state index in [1.165, 1.54) is 44.2 Å². The molecule has 1 aliphatic rings. The van der Waals surface area contributed by atoms with E-state index in [2.05, 4.69) is 5.32 Å². The van der Waals surface area contributed by atoms with Crippen molar-refractivity contribution in [2.24, 2.45) is 5.92 Å². The smallest absolute Gasteiger partial charge is 0.285 e. The highest BCUT2D eigenvalue weighted by molar-refractivity contribution is 5.20. The largest absolute Gasteiger partial charge is 0.311 e. The lowest BCUT2D eigenvalue weighted by Crippen LogP contribution is -2.32.